The molecule has 0 spiro atoms. The summed E-state index contributed by atoms with van der Waals surface area (Å²) < 4.78 is 17.1. The van der Waals surface area contributed by atoms with E-state index < -0.39 is 35.6 Å². The Morgan fingerprint density at radius 1 is 0.684 bits per heavy atom. The topological polar surface area (TPSA) is 82.1 Å². The minimum Gasteiger partial charge on any atom is -0.496 e. The van der Waals surface area contributed by atoms with Gasteiger partial charge >= 0.3 is 11.9 Å². The van der Waals surface area contributed by atoms with E-state index in [-0.39, 0.29) is 0 Å². The van der Waals surface area contributed by atoms with E-state index in [0.29, 0.717) is 17.2 Å². The zero-order chi connectivity index (χ0) is 27.0. The molecule has 38 heavy (non-hydrogen) atoms. The van der Waals surface area contributed by atoms with Crippen LogP contribution in [0.2, 0.25) is 0 Å². The molecule has 1 aliphatic carbocycles. The van der Waals surface area contributed by atoms with Crippen molar-refractivity contribution in [1.29, 1.82) is 0 Å². The van der Waals surface area contributed by atoms with Gasteiger partial charge < -0.3 is 19.3 Å². The molecule has 6 nitrogen and oxygen atoms in total. The normalized spacial score (nSPS) is 20.4. The number of hydrogen-bond donors (Lipinski definition) is 1. The lowest BCUT2D eigenvalue weighted by Crippen LogP contribution is -2.52. The van der Waals surface area contributed by atoms with E-state index in [1.807, 2.05) is 86.6 Å². The van der Waals surface area contributed by atoms with Crippen LogP contribution in [0, 0.1) is 25.7 Å². The standard InChI is InChI=1S/C32H30O6/c1-18-12-14-21(16-25(18)36-3)27-29(31(33)34)28(22-15-13-19(2)26(17-22)37-4)30(27)32(35)38-24-11-7-9-20-8-5-6-10-23(20)24/h5-17,27-30H,1-4H3,(H,33,34)/t27-,28-,29?,30?/m0/s1. The van der Waals surface area contributed by atoms with E-state index >= 15 is 0 Å². The van der Waals surface area contributed by atoms with E-state index in [0.717, 1.165) is 33.0 Å². The van der Waals surface area contributed by atoms with Crippen molar-refractivity contribution in [2.24, 2.45) is 11.8 Å². The number of benzene rings is 4. The molecule has 6 heteroatoms. The first-order chi connectivity index (χ1) is 18.3. The number of carbonyl (C=O) groups is 2. The fourth-order valence-corrected chi connectivity index (χ4v) is 5.73. The average molecular weight is 511 g/mol. The maximum atomic E-state index is 13.9. The molecule has 1 saturated carbocycles. The highest BCUT2D eigenvalue weighted by Crippen LogP contribution is 2.59. The van der Waals surface area contributed by atoms with Crippen LogP contribution in [0.1, 0.15) is 34.1 Å². The Hall–Kier alpha value is -4.32. The van der Waals surface area contributed by atoms with Crippen molar-refractivity contribution in [1.82, 2.24) is 0 Å². The second-order valence-electron chi connectivity index (χ2n) is 9.80. The quantitative estimate of drug-likeness (QED) is 0.233. The highest BCUT2D eigenvalue weighted by atomic mass is 16.5. The second-order valence-corrected chi connectivity index (χ2v) is 9.80. The van der Waals surface area contributed by atoms with E-state index in [1.165, 1.54) is 0 Å². The third kappa shape index (κ3) is 4.36. The molecule has 0 unspecified atom stereocenters. The first-order valence-corrected chi connectivity index (χ1v) is 12.6. The number of rotatable bonds is 7. The monoisotopic (exact) mass is 510 g/mol. The van der Waals surface area contributed by atoms with Gasteiger partial charge in [0.2, 0.25) is 0 Å². The first kappa shape index (κ1) is 25.3. The Morgan fingerprint density at radius 2 is 1.24 bits per heavy atom. The van der Waals surface area contributed by atoms with Crippen LogP contribution in [0.25, 0.3) is 10.8 Å². The fraction of sp³-hybridized carbons (Fsp3) is 0.250. The molecule has 4 aromatic carbocycles. The van der Waals surface area contributed by atoms with Crippen molar-refractivity contribution in [3.8, 4) is 17.2 Å². The maximum Gasteiger partial charge on any atom is 0.315 e. The zero-order valence-electron chi connectivity index (χ0n) is 21.8. The van der Waals surface area contributed by atoms with Crippen molar-refractivity contribution in [3.63, 3.8) is 0 Å². The Balaban J connectivity index is 1.61. The second kappa shape index (κ2) is 10.2. The number of esters is 1. The fourth-order valence-electron chi connectivity index (χ4n) is 5.73. The van der Waals surface area contributed by atoms with Crippen molar-refractivity contribution in [2.45, 2.75) is 25.7 Å². The van der Waals surface area contributed by atoms with Crippen molar-refractivity contribution < 1.29 is 28.9 Å². The minimum atomic E-state index is -0.965. The minimum absolute atomic E-state index is 0.451. The van der Waals surface area contributed by atoms with Gasteiger partial charge in [0, 0.05) is 17.2 Å². The molecule has 2 atom stereocenters. The molecule has 0 bridgehead atoms. The lowest BCUT2D eigenvalue weighted by Gasteiger charge is -2.49. The summed E-state index contributed by atoms with van der Waals surface area (Å²) in [6.45, 7) is 3.84. The van der Waals surface area contributed by atoms with Gasteiger partial charge in [0.1, 0.15) is 17.2 Å². The number of hydrogen-bond acceptors (Lipinski definition) is 5. The molecule has 5 rings (SSSR count). The number of carboxylic acid groups (broad SMARTS) is 1. The van der Waals surface area contributed by atoms with Gasteiger partial charge in [0.05, 0.1) is 26.1 Å². The largest absolute Gasteiger partial charge is 0.496 e. The molecule has 0 aliphatic heterocycles. The van der Waals surface area contributed by atoms with Gasteiger partial charge in [-0.1, -0.05) is 60.7 Å². The van der Waals surface area contributed by atoms with Gasteiger partial charge in [-0.2, -0.15) is 0 Å². The molecule has 0 radical (unpaired) electrons. The van der Waals surface area contributed by atoms with Crippen LogP contribution < -0.4 is 14.2 Å². The number of methoxy groups -OCH3 is 2. The third-order valence-corrected chi connectivity index (χ3v) is 7.70. The zero-order valence-corrected chi connectivity index (χ0v) is 21.8. The number of aryl methyl sites for hydroxylation is 2. The van der Waals surface area contributed by atoms with Gasteiger partial charge in [0.25, 0.3) is 0 Å². The lowest BCUT2D eigenvalue weighted by molar-refractivity contribution is -0.158. The van der Waals surface area contributed by atoms with Crippen molar-refractivity contribution >= 4 is 22.7 Å². The van der Waals surface area contributed by atoms with Gasteiger partial charge in [-0.25, -0.2) is 0 Å². The summed E-state index contributed by atoms with van der Waals surface area (Å²) in [5.41, 5.74) is 3.32. The Bertz CT molecular complexity index is 1460. The summed E-state index contributed by atoms with van der Waals surface area (Å²) in [4.78, 5) is 26.6. The molecule has 0 amide bonds. The maximum absolute atomic E-state index is 13.9. The summed E-state index contributed by atoms with van der Waals surface area (Å²) in [6, 6.07) is 24.5. The third-order valence-electron chi connectivity index (χ3n) is 7.70. The summed E-state index contributed by atoms with van der Waals surface area (Å²) in [6.07, 6.45) is 0. The molecule has 0 heterocycles. The van der Waals surface area contributed by atoms with Crippen LogP contribution in [-0.2, 0) is 9.59 Å². The molecule has 4 aromatic rings. The predicted molar refractivity (Wildman–Crippen MR) is 145 cm³/mol. The smallest absolute Gasteiger partial charge is 0.315 e. The van der Waals surface area contributed by atoms with Crippen molar-refractivity contribution in [2.75, 3.05) is 14.2 Å². The molecule has 1 fully saturated rings. The average Bonchev–Trinajstić information content (AvgIpc) is 2.90. The summed E-state index contributed by atoms with van der Waals surface area (Å²) in [5, 5.41) is 12.1. The number of carbonyl (C=O) groups excluding carboxylic acids is 1. The van der Waals surface area contributed by atoms with E-state index in [2.05, 4.69) is 0 Å². The molecule has 194 valence electrons. The van der Waals surface area contributed by atoms with Crippen LogP contribution in [0.15, 0.2) is 78.9 Å². The Kier molecular flexibility index (Phi) is 6.81. The molecule has 0 saturated heterocycles. The number of ether oxygens (including phenoxy) is 3. The number of carboxylic acids is 1. The highest BCUT2D eigenvalue weighted by Gasteiger charge is 2.59. The Morgan fingerprint density at radius 3 is 1.79 bits per heavy atom. The molecule has 1 N–H and O–H groups in total. The number of aliphatic carboxylic acids is 1. The van der Waals surface area contributed by atoms with Crippen LogP contribution >= 0.6 is 0 Å². The summed E-state index contributed by atoms with van der Waals surface area (Å²) in [7, 11) is 3.16. The van der Waals surface area contributed by atoms with Crippen molar-refractivity contribution in [3.05, 3.63) is 101 Å². The van der Waals surface area contributed by atoms with Crippen LogP contribution in [-0.4, -0.2) is 31.3 Å². The molecular weight excluding hydrogens is 480 g/mol. The van der Waals surface area contributed by atoms with Gasteiger partial charge in [0.15, 0.2) is 0 Å². The van der Waals surface area contributed by atoms with Crippen LogP contribution in [0.4, 0.5) is 0 Å². The van der Waals surface area contributed by atoms with E-state index in [4.69, 9.17) is 14.2 Å². The summed E-state index contributed by atoms with van der Waals surface area (Å²) >= 11 is 0. The highest BCUT2D eigenvalue weighted by molar-refractivity contribution is 5.92. The lowest BCUT2D eigenvalue weighted by atomic mass is 9.52. The first-order valence-electron chi connectivity index (χ1n) is 12.6. The van der Waals surface area contributed by atoms with Gasteiger partial charge in [-0.05, 0) is 59.7 Å². The van der Waals surface area contributed by atoms with Gasteiger partial charge in [-0.15, -0.1) is 0 Å². The molecular formula is C32H30O6. The molecule has 0 aromatic heterocycles. The Labute approximate surface area is 221 Å². The van der Waals surface area contributed by atoms with Gasteiger partial charge in [-0.3, -0.25) is 9.59 Å². The number of fused-ring (bicyclic) bond motifs is 1. The van der Waals surface area contributed by atoms with Crippen LogP contribution in [0.3, 0.4) is 0 Å². The molecule has 1 aliphatic rings. The summed E-state index contributed by atoms with van der Waals surface area (Å²) in [5.74, 6) is -2.44. The van der Waals surface area contributed by atoms with E-state index in [9.17, 15) is 14.7 Å². The predicted octanol–water partition coefficient (Wildman–Crippen LogP) is 6.28. The van der Waals surface area contributed by atoms with E-state index in [1.54, 1.807) is 20.3 Å². The SMILES string of the molecule is COc1cc([C@H]2C(C(=O)O)[C@H](c3ccc(C)c(OC)c3)C2C(=O)Oc2cccc3ccccc23)ccc1C. The van der Waals surface area contributed by atoms with Crippen LogP contribution in [0.5, 0.6) is 17.2 Å².